The van der Waals surface area contributed by atoms with Gasteiger partial charge in [-0.05, 0) is 78.5 Å². The number of benzene rings is 1. The van der Waals surface area contributed by atoms with Crippen molar-refractivity contribution in [3.05, 3.63) is 51.7 Å². The summed E-state index contributed by atoms with van der Waals surface area (Å²) in [6.07, 6.45) is 2.70. The lowest BCUT2D eigenvalue weighted by Crippen LogP contribution is -2.34. The minimum atomic E-state index is -0.299. The van der Waals surface area contributed by atoms with Crippen LogP contribution in [-0.2, 0) is 0 Å². The zero-order valence-electron chi connectivity index (χ0n) is 13.4. The summed E-state index contributed by atoms with van der Waals surface area (Å²) in [6.45, 7) is 4.03. The summed E-state index contributed by atoms with van der Waals surface area (Å²) in [5, 5.41) is 5.71. The van der Waals surface area contributed by atoms with Crippen molar-refractivity contribution in [1.29, 1.82) is 0 Å². The maximum Gasteiger partial charge on any atom is 0.257 e. The van der Waals surface area contributed by atoms with Crippen LogP contribution in [0.3, 0.4) is 0 Å². The minimum Gasteiger partial charge on any atom is -0.491 e. The van der Waals surface area contributed by atoms with E-state index in [0.29, 0.717) is 17.1 Å². The van der Waals surface area contributed by atoms with Crippen molar-refractivity contribution < 1.29 is 9.53 Å². The monoisotopic (exact) mass is 455 g/mol. The zero-order chi connectivity index (χ0) is 17.5. The summed E-state index contributed by atoms with van der Waals surface area (Å²) in [5.74, 6) is 0.942. The molecule has 1 aromatic carbocycles. The van der Waals surface area contributed by atoms with Crippen LogP contribution >= 0.6 is 34.8 Å². The smallest absolute Gasteiger partial charge is 0.257 e. The van der Waals surface area contributed by atoms with Crippen molar-refractivity contribution in [3.8, 4) is 5.75 Å². The Morgan fingerprint density at radius 2 is 2.17 bits per heavy atom. The Morgan fingerprint density at radius 1 is 1.38 bits per heavy atom. The van der Waals surface area contributed by atoms with Crippen LogP contribution in [0.15, 0.2) is 42.6 Å². The first-order valence-corrected chi connectivity index (χ1v) is 8.97. The molecule has 0 aliphatic heterocycles. The average Bonchev–Trinajstić information content (AvgIpc) is 2.57. The molecule has 0 radical (unpaired) electrons. The molecule has 0 spiro atoms. The molecular weight excluding hydrogens is 437 g/mol. The number of anilines is 1. The van der Waals surface area contributed by atoms with Crippen molar-refractivity contribution in [2.75, 3.05) is 5.32 Å². The van der Waals surface area contributed by atoms with Crippen molar-refractivity contribution in [2.24, 2.45) is 0 Å². The molecule has 0 fully saturated rings. The summed E-state index contributed by atoms with van der Waals surface area (Å²) < 4.78 is 6.75. The van der Waals surface area contributed by atoms with E-state index in [4.69, 9.17) is 17.0 Å². The maximum absolute atomic E-state index is 12.3. The van der Waals surface area contributed by atoms with Crippen LogP contribution in [0.4, 0.5) is 5.82 Å². The second kappa shape index (κ2) is 8.93. The van der Waals surface area contributed by atoms with E-state index in [2.05, 4.69) is 38.2 Å². The molecule has 0 aliphatic rings. The first kappa shape index (κ1) is 18.6. The van der Waals surface area contributed by atoms with Gasteiger partial charge >= 0.3 is 0 Å². The number of hydrogen-bond acceptors (Lipinski definition) is 4. The molecule has 5 nitrogen and oxygen atoms in total. The number of nitrogens with one attached hydrogen (secondary N) is 2. The molecule has 24 heavy (non-hydrogen) atoms. The number of nitrogens with zero attached hydrogens (tertiary/aromatic N) is 1. The molecule has 1 aromatic heterocycles. The van der Waals surface area contributed by atoms with Crippen molar-refractivity contribution in [1.82, 2.24) is 10.3 Å². The van der Waals surface area contributed by atoms with E-state index in [1.807, 2.05) is 26.0 Å². The standard InChI is InChI=1S/C17H18IN3O2S/c1-3-11(2)23-14-6-4-5-12(9-14)16(22)21-17(24)20-15-8-7-13(18)10-19-15/h4-11H,3H2,1-2H3,(H2,19,20,21,22,24). The van der Waals surface area contributed by atoms with Crippen LogP contribution in [0, 0.1) is 3.57 Å². The van der Waals surface area contributed by atoms with Crippen LogP contribution in [0.25, 0.3) is 0 Å². The highest BCUT2D eigenvalue weighted by Crippen LogP contribution is 2.16. The number of aromatic nitrogens is 1. The molecule has 2 aromatic rings. The van der Waals surface area contributed by atoms with Gasteiger partial charge in [-0.2, -0.15) is 0 Å². The third-order valence-corrected chi connectivity index (χ3v) is 4.05. The van der Waals surface area contributed by atoms with Gasteiger partial charge in [0.25, 0.3) is 5.91 Å². The van der Waals surface area contributed by atoms with Crippen LogP contribution in [-0.4, -0.2) is 22.1 Å². The first-order valence-electron chi connectivity index (χ1n) is 7.48. The van der Waals surface area contributed by atoms with Gasteiger partial charge in [0.15, 0.2) is 5.11 Å². The Morgan fingerprint density at radius 3 is 2.83 bits per heavy atom. The Labute approximate surface area is 160 Å². The minimum absolute atomic E-state index is 0.0954. The highest BCUT2D eigenvalue weighted by molar-refractivity contribution is 14.1. The van der Waals surface area contributed by atoms with Crippen LogP contribution in [0.1, 0.15) is 30.6 Å². The van der Waals surface area contributed by atoms with Gasteiger partial charge in [-0.3, -0.25) is 10.1 Å². The summed E-state index contributed by atoms with van der Waals surface area (Å²) in [6, 6.07) is 10.7. The SMILES string of the molecule is CCC(C)Oc1cccc(C(=O)NC(=S)Nc2ccc(I)cn2)c1. The number of ether oxygens (including phenoxy) is 1. The summed E-state index contributed by atoms with van der Waals surface area (Å²) in [4.78, 5) is 16.5. The van der Waals surface area contributed by atoms with Crippen LogP contribution in [0.2, 0.25) is 0 Å². The van der Waals surface area contributed by atoms with E-state index in [1.54, 1.807) is 30.5 Å². The molecule has 2 N–H and O–H groups in total. The van der Waals surface area contributed by atoms with Gasteiger partial charge in [0.1, 0.15) is 11.6 Å². The predicted molar refractivity (Wildman–Crippen MR) is 107 cm³/mol. The topological polar surface area (TPSA) is 63.2 Å². The fraction of sp³-hybridized carbons (Fsp3) is 0.235. The maximum atomic E-state index is 12.3. The van der Waals surface area contributed by atoms with E-state index in [-0.39, 0.29) is 17.1 Å². The predicted octanol–water partition coefficient (Wildman–Crippen LogP) is 3.99. The summed E-state index contributed by atoms with van der Waals surface area (Å²) in [7, 11) is 0. The molecule has 126 valence electrons. The molecule has 0 aliphatic carbocycles. The second-order valence-electron chi connectivity index (χ2n) is 5.13. The normalized spacial score (nSPS) is 11.5. The Kier molecular flexibility index (Phi) is 6.92. The number of thiocarbonyl (C=S) groups is 1. The lowest BCUT2D eigenvalue weighted by molar-refractivity contribution is 0.0977. The van der Waals surface area contributed by atoms with Crippen molar-refractivity contribution >= 4 is 51.6 Å². The number of carbonyl (C=O) groups is 1. The number of halogens is 1. The number of hydrogen-bond donors (Lipinski definition) is 2. The molecule has 1 unspecified atom stereocenters. The fourth-order valence-corrected chi connectivity index (χ4v) is 2.32. The number of rotatable bonds is 5. The van der Waals surface area contributed by atoms with E-state index in [1.165, 1.54) is 0 Å². The molecular formula is C17H18IN3O2S. The highest BCUT2D eigenvalue weighted by Gasteiger charge is 2.10. The fourth-order valence-electron chi connectivity index (χ4n) is 1.80. The third-order valence-electron chi connectivity index (χ3n) is 3.20. The van der Waals surface area contributed by atoms with E-state index in [0.717, 1.165) is 9.99 Å². The van der Waals surface area contributed by atoms with Gasteiger partial charge in [-0.25, -0.2) is 4.98 Å². The van der Waals surface area contributed by atoms with Crippen molar-refractivity contribution in [2.45, 2.75) is 26.4 Å². The lowest BCUT2D eigenvalue weighted by atomic mass is 10.2. The van der Waals surface area contributed by atoms with Gasteiger partial charge in [0.05, 0.1) is 6.10 Å². The average molecular weight is 455 g/mol. The van der Waals surface area contributed by atoms with E-state index < -0.39 is 0 Å². The first-order chi connectivity index (χ1) is 11.5. The molecule has 0 bridgehead atoms. The third kappa shape index (κ3) is 5.72. The van der Waals surface area contributed by atoms with Gasteiger partial charge in [-0.15, -0.1) is 0 Å². The Balaban J connectivity index is 1.97. The highest BCUT2D eigenvalue weighted by atomic mass is 127. The second-order valence-corrected chi connectivity index (χ2v) is 6.79. The van der Waals surface area contributed by atoms with Gasteiger partial charge < -0.3 is 10.1 Å². The molecule has 0 saturated carbocycles. The molecule has 7 heteroatoms. The largest absolute Gasteiger partial charge is 0.491 e. The summed E-state index contributed by atoms with van der Waals surface area (Å²) >= 11 is 7.32. The van der Waals surface area contributed by atoms with Gasteiger partial charge in [-0.1, -0.05) is 13.0 Å². The Bertz CT molecular complexity index is 722. The quantitative estimate of drug-likeness (QED) is 0.528. The zero-order valence-corrected chi connectivity index (χ0v) is 16.3. The molecule has 2 rings (SSSR count). The van der Waals surface area contributed by atoms with Crippen LogP contribution in [0.5, 0.6) is 5.75 Å². The van der Waals surface area contributed by atoms with Gasteiger partial charge in [0, 0.05) is 15.3 Å². The number of pyridine rings is 1. The summed E-state index contributed by atoms with van der Waals surface area (Å²) in [5.41, 5.74) is 0.482. The molecule has 1 amide bonds. The molecule has 1 heterocycles. The van der Waals surface area contributed by atoms with E-state index in [9.17, 15) is 4.79 Å². The van der Waals surface area contributed by atoms with Crippen LogP contribution < -0.4 is 15.4 Å². The van der Waals surface area contributed by atoms with E-state index >= 15 is 0 Å². The molecule has 1 atom stereocenters. The Hall–Kier alpha value is -1.74. The number of carbonyl (C=O) groups excluding carboxylic acids is 1. The molecule has 0 saturated heterocycles. The van der Waals surface area contributed by atoms with Crippen molar-refractivity contribution in [3.63, 3.8) is 0 Å². The lowest BCUT2D eigenvalue weighted by Gasteiger charge is -2.13. The number of amides is 1. The van der Waals surface area contributed by atoms with Gasteiger partial charge in [0.2, 0.25) is 0 Å².